The van der Waals surface area contributed by atoms with Crippen LogP contribution in [-0.4, -0.2) is 12.0 Å². The van der Waals surface area contributed by atoms with Crippen LogP contribution in [0.25, 0.3) is 10.8 Å². The summed E-state index contributed by atoms with van der Waals surface area (Å²) < 4.78 is 50.0. The van der Waals surface area contributed by atoms with Crippen LogP contribution in [0, 0.1) is 5.82 Å². The molecule has 0 amide bonds. The Morgan fingerprint density at radius 2 is 1.61 bits per heavy atom. The van der Waals surface area contributed by atoms with E-state index >= 15 is 0 Å². The minimum absolute atomic E-state index is 0.107. The molecule has 0 aliphatic rings. The molecule has 5 heteroatoms. The summed E-state index contributed by atoms with van der Waals surface area (Å²) in [6, 6.07) is 8.06. The third kappa shape index (κ3) is 2.50. The molecular formula is C13H8F4O. The summed E-state index contributed by atoms with van der Waals surface area (Å²) in [5, 5.41) is 0.345. The highest BCUT2D eigenvalue weighted by Gasteiger charge is 2.32. The summed E-state index contributed by atoms with van der Waals surface area (Å²) in [6.07, 6.45) is -6.10. The fourth-order valence-electron chi connectivity index (χ4n) is 1.78. The fourth-order valence-corrected chi connectivity index (χ4v) is 1.78. The highest BCUT2D eigenvalue weighted by Crippen LogP contribution is 2.27. The summed E-state index contributed by atoms with van der Waals surface area (Å²) in [7, 11) is 0. The first kappa shape index (κ1) is 12.5. The van der Waals surface area contributed by atoms with E-state index in [1.807, 2.05) is 0 Å². The van der Waals surface area contributed by atoms with Crippen LogP contribution in [0.1, 0.15) is 16.8 Å². The van der Waals surface area contributed by atoms with Crippen LogP contribution >= 0.6 is 0 Å². The van der Waals surface area contributed by atoms with Crippen molar-refractivity contribution in [2.45, 2.75) is 12.6 Å². The van der Waals surface area contributed by atoms with E-state index < -0.39 is 24.2 Å². The van der Waals surface area contributed by atoms with E-state index in [9.17, 15) is 22.4 Å². The summed E-state index contributed by atoms with van der Waals surface area (Å²) in [5.41, 5.74) is -0.107. The zero-order valence-electron chi connectivity index (χ0n) is 9.09. The summed E-state index contributed by atoms with van der Waals surface area (Å²) in [5.74, 6) is -1.62. The van der Waals surface area contributed by atoms with Gasteiger partial charge in [0.05, 0.1) is 0 Å². The maximum absolute atomic E-state index is 13.4. The van der Waals surface area contributed by atoms with Crippen LogP contribution in [0.15, 0.2) is 36.4 Å². The van der Waals surface area contributed by atoms with Gasteiger partial charge < -0.3 is 0 Å². The average Bonchev–Trinajstić information content (AvgIpc) is 2.27. The molecule has 0 fully saturated rings. The van der Waals surface area contributed by atoms with Gasteiger partial charge in [0, 0.05) is 10.9 Å². The lowest BCUT2D eigenvalue weighted by Crippen LogP contribution is -2.15. The van der Waals surface area contributed by atoms with E-state index in [2.05, 4.69) is 0 Å². The standard InChI is InChI=1S/C13H8F4O/c14-11-6-5-10(12(18)7-13(15,16)17)8-3-1-2-4-9(8)11/h1-6H,7H2. The normalized spacial score (nSPS) is 11.8. The van der Waals surface area contributed by atoms with Crippen molar-refractivity contribution in [2.75, 3.05) is 0 Å². The highest BCUT2D eigenvalue weighted by atomic mass is 19.4. The van der Waals surface area contributed by atoms with Crippen molar-refractivity contribution in [1.29, 1.82) is 0 Å². The van der Waals surface area contributed by atoms with Crippen LogP contribution in [0.4, 0.5) is 17.6 Å². The van der Waals surface area contributed by atoms with Crippen molar-refractivity contribution >= 4 is 16.6 Å². The van der Waals surface area contributed by atoms with Crippen molar-refractivity contribution in [2.24, 2.45) is 0 Å². The molecule has 0 heterocycles. The number of halogens is 4. The lowest BCUT2D eigenvalue weighted by Gasteiger charge is -2.08. The monoisotopic (exact) mass is 256 g/mol. The second-order valence-electron chi connectivity index (χ2n) is 3.86. The number of hydrogen-bond acceptors (Lipinski definition) is 1. The number of carbonyl (C=O) groups is 1. The van der Waals surface area contributed by atoms with E-state index in [0.717, 1.165) is 12.1 Å². The molecule has 0 bridgehead atoms. The second kappa shape index (κ2) is 4.40. The van der Waals surface area contributed by atoms with Gasteiger partial charge in [-0.05, 0) is 17.5 Å². The second-order valence-corrected chi connectivity index (χ2v) is 3.86. The molecule has 2 aromatic carbocycles. The van der Waals surface area contributed by atoms with E-state index in [0.29, 0.717) is 0 Å². The molecule has 0 spiro atoms. The first-order valence-electron chi connectivity index (χ1n) is 5.16. The molecule has 1 nitrogen and oxygen atoms in total. The predicted molar refractivity (Wildman–Crippen MR) is 58.9 cm³/mol. The van der Waals surface area contributed by atoms with Crippen molar-refractivity contribution in [3.63, 3.8) is 0 Å². The van der Waals surface area contributed by atoms with Gasteiger partial charge in [0.1, 0.15) is 12.2 Å². The SMILES string of the molecule is O=C(CC(F)(F)F)c1ccc(F)c2ccccc12. The van der Waals surface area contributed by atoms with Gasteiger partial charge in [-0.15, -0.1) is 0 Å². The molecule has 0 aromatic heterocycles. The fraction of sp³-hybridized carbons (Fsp3) is 0.154. The van der Waals surface area contributed by atoms with E-state index in [-0.39, 0.29) is 16.3 Å². The lowest BCUT2D eigenvalue weighted by atomic mass is 9.99. The molecule has 94 valence electrons. The Kier molecular flexibility index (Phi) is 3.07. The molecule has 0 atom stereocenters. The maximum atomic E-state index is 13.4. The van der Waals surface area contributed by atoms with Crippen LogP contribution < -0.4 is 0 Å². The molecule has 0 aliphatic heterocycles. The quantitative estimate of drug-likeness (QED) is 0.583. The van der Waals surface area contributed by atoms with E-state index in [4.69, 9.17) is 0 Å². The summed E-state index contributed by atoms with van der Waals surface area (Å²) in [4.78, 5) is 11.5. The van der Waals surface area contributed by atoms with E-state index in [1.165, 1.54) is 12.1 Å². The largest absolute Gasteiger partial charge is 0.396 e. The van der Waals surface area contributed by atoms with Crippen LogP contribution in [0.3, 0.4) is 0 Å². The van der Waals surface area contributed by atoms with Crippen LogP contribution in [0.2, 0.25) is 0 Å². The number of hydrogen-bond donors (Lipinski definition) is 0. The Balaban J connectivity index is 2.52. The van der Waals surface area contributed by atoms with Crippen molar-refractivity contribution in [3.05, 3.63) is 47.8 Å². The zero-order chi connectivity index (χ0) is 13.3. The smallest absolute Gasteiger partial charge is 0.294 e. The molecule has 0 aliphatic carbocycles. The molecule has 18 heavy (non-hydrogen) atoms. The summed E-state index contributed by atoms with van der Waals surface area (Å²) in [6.45, 7) is 0. The first-order valence-corrected chi connectivity index (χ1v) is 5.16. The van der Waals surface area contributed by atoms with Gasteiger partial charge in [-0.2, -0.15) is 13.2 Å². The van der Waals surface area contributed by atoms with Crippen molar-refractivity contribution in [1.82, 2.24) is 0 Å². The van der Waals surface area contributed by atoms with Gasteiger partial charge in [-0.1, -0.05) is 24.3 Å². The average molecular weight is 256 g/mol. The number of Topliss-reactive ketones (excluding diaryl/α,β-unsaturated/α-hetero) is 1. The van der Waals surface area contributed by atoms with Gasteiger partial charge >= 0.3 is 6.18 Å². The molecule has 0 radical (unpaired) electrons. The minimum Gasteiger partial charge on any atom is -0.294 e. The number of carbonyl (C=O) groups excluding carboxylic acids is 1. The Morgan fingerprint density at radius 1 is 1.00 bits per heavy atom. The maximum Gasteiger partial charge on any atom is 0.396 e. The molecular weight excluding hydrogens is 248 g/mol. The number of ketones is 1. The van der Waals surface area contributed by atoms with Gasteiger partial charge in [-0.25, -0.2) is 4.39 Å². The Hall–Kier alpha value is -1.91. The zero-order valence-corrected chi connectivity index (χ0v) is 9.09. The van der Waals surface area contributed by atoms with Gasteiger partial charge in [0.25, 0.3) is 0 Å². The molecule has 0 unspecified atom stereocenters. The minimum atomic E-state index is -4.56. The van der Waals surface area contributed by atoms with Gasteiger partial charge in [-0.3, -0.25) is 4.79 Å². The molecule has 0 N–H and O–H groups in total. The van der Waals surface area contributed by atoms with Crippen LogP contribution in [0.5, 0.6) is 0 Å². The lowest BCUT2D eigenvalue weighted by molar-refractivity contribution is -0.125. The number of benzene rings is 2. The Morgan fingerprint density at radius 3 is 2.22 bits per heavy atom. The topological polar surface area (TPSA) is 17.1 Å². The van der Waals surface area contributed by atoms with Gasteiger partial charge in [0.15, 0.2) is 5.78 Å². The molecule has 0 saturated carbocycles. The number of fused-ring (bicyclic) bond motifs is 1. The molecule has 0 saturated heterocycles. The third-order valence-corrected chi connectivity index (χ3v) is 2.53. The van der Waals surface area contributed by atoms with Crippen molar-refractivity contribution in [3.8, 4) is 0 Å². The highest BCUT2D eigenvalue weighted by molar-refractivity contribution is 6.08. The summed E-state index contributed by atoms with van der Waals surface area (Å²) >= 11 is 0. The molecule has 2 rings (SSSR count). The van der Waals surface area contributed by atoms with Crippen LogP contribution in [-0.2, 0) is 0 Å². The van der Waals surface area contributed by atoms with Crippen molar-refractivity contribution < 1.29 is 22.4 Å². The molecule has 2 aromatic rings. The Bertz CT molecular complexity index is 601. The predicted octanol–water partition coefficient (Wildman–Crippen LogP) is 4.11. The third-order valence-electron chi connectivity index (χ3n) is 2.53. The Labute approximate surface area is 100 Å². The van der Waals surface area contributed by atoms with Gasteiger partial charge in [0.2, 0.25) is 0 Å². The van der Waals surface area contributed by atoms with E-state index in [1.54, 1.807) is 12.1 Å². The first-order chi connectivity index (χ1) is 8.38. The number of alkyl halides is 3. The number of rotatable bonds is 2.